The van der Waals surface area contributed by atoms with Gasteiger partial charge >= 0.3 is 16.4 Å². The molecule has 0 aliphatic carbocycles. The van der Waals surface area contributed by atoms with E-state index < -0.39 is 40.3 Å². The van der Waals surface area contributed by atoms with Gasteiger partial charge in [0, 0.05) is 11.6 Å². The molecule has 152 valence electrons. The number of piperidine rings is 1. The highest BCUT2D eigenvalue weighted by Gasteiger charge is 2.49. The van der Waals surface area contributed by atoms with Crippen LogP contribution in [0.3, 0.4) is 0 Å². The Kier molecular flexibility index (Phi) is 5.74. The molecule has 13 heteroatoms. The van der Waals surface area contributed by atoms with Gasteiger partial charge in [0.2, 0.25) is 5.91 Å². The third-order valence-electron chi connectivity index (χ3n) is 4.40. The van der Waals surface area contributed by atoms with E-state index in [1.54, 1.807) is 24.3 Å². The van der Waals surface area contributed by atoms with Crippen molar-refractivity contribution in [3.05, 3.63) is 34.9 Å². The van der Waals surface area contributed by atoms with E-state index in [2.05, 4.69) is 15.1 Å². The molecule has 3 N–H and O–H groups in total. The highest BCUT2D eigenvalue weighted by atomic mass is 35.5. The predicted octanol–water partition coefficient (Wildman–Crippen LogP) is 0.0329. The highest BCUT2D eigenvalue weighted by molar-refractivity contribution is 7.80. The zero-order chi connectivity index (χ0) is 20.5. The van der Waals surface area contributed by atoms with E-state index in [1.807, 2.05) is 0 Å². The lowest BCUT2D eigenvalue weighted by molar-refractivity contribution is -0.131. The molecule has 28 heavy (non-hydrogen) atoms. The Hall–Kier alpha value is -2.41. The molecule has 2 fully saturated rings. The van der Waals surface area contributed by atoms with Crippen molar-refractivity contribution in [2.75, 3.05) is 6.54 Å². The number of benzene rings is 1. The van der Waals surface area contributed by atoms with Crippen LogP contribution in [0.5, 0.6) is 0 Å². The molecule has 2 bridgehead atoms. The molecule has 2 aliphatic heterocycles. The fourth-order valence-corrected chi connectivity index (χ4v) is 3.67. The number of rotatable bonds is 5. The number of hydrogen-bond acceptors (Lipinski definition) is 6. The number of urea groups is 1. The van der Waals surface area contributed by atoms with Gasteiger partial charge in [-0.2, -0.15) is 13.5 Å². The quantitative estimate of drug-likeness (QED) is 0.439. The maximum absolute atomic E-state index is 12.4. The lowest BCUT2D eigenvalue weighted by Gasteiger charge is -2.29. The van der Waals surface area contributed by atoms with E-state index in [4.69, 9.17) is 16.2 Å². The molecule has 1 aromatic carbocycles. The minimum Gasteiger partial charge on any atom is -0.309 e. The summed E-state index contributed by atoms with van der Waals surface area (Å²) in [5.41, 5.74) is 5.24. The van der Waals surface area contributed by atoms with E-state index in [0.717, 1.165) is 4.90 Å². The van der Waals surface area contributed by atoms with Crippen molar-refractivity contribution in [2.45, 2.75) is 31.3 Å². The van der Waals surface area contributed by atoms with E-state index in [-0.39, 0.29) is 25.8 Å². The first-order chi connectivity index (χ1) is 13.1. The number of carbonyl (C=O) groups is 3. The Morgan fingerprint density at radius 2 is 1.89 bits per heavy atom. The predicted molar refractivity (Wildman–Crippen MR) is 94.8 cm³/mol. The SMILES string of the molecule is O=C(Cc1ccc(Cl)cc1)NNC(=O)[C@@H]1CC[C@@H]2CN1C(=O)N2OS(=O)(=O)O. The van der Waals surface area contributed by atoms with Crippen LogP contribution in [0, 0.1) is 0 Å². The number of hydrogen-bond donors (Lipinski definition) is 3. The molecule has 2 atom stereocenters. The normalized spacial score (nSPS) is 21.6. The number of carbonyl (C=O) groups excluding carboxylic acids is 3. The maximum Gasteiger partial charge on any atom is 0.418 e. The van der Waals surface area contributed by atoms with Gasteiger partial charge in [0.15, 0.2) is 0 Å². The maximum atomic E-state index is 12.4. The lowest BCUT2D eigenvalue weighted by atomic mass is 10.0. The Morgan fingerprint density at radius 3 is 2.54 bits per heavy atom. The lowest BCUT2D eigenvalue weighted by Crippen LogP contribution is -2.54. The number of nitrogens with zero attached hydrogens (tertiary/aromatic N) is 2. The summed E-state index contributed by atoms with van der Waals surface area (Å²) in [6, 6.07) is 4.27. The van der Waals surface area contributed by atoms with Gasteiger partial charge in [0.05, 0.1) is 12.5 Å². The summed E-state index contributed by atoms with van der Waals surface area (Å²) in [7, 11) is -4.86. The molecular formula is C15H17ClN4O7S. The molecule has 1 aromatic rings. The summed E-state index contributed by atoms with van der Waals surface area (Å²) >= 11 is 5.78. The van der Waals surface area contributed by atoms with Gasteiger partial charge in [-0.3, -0.25) is 25.0 Å². The number of amides is 4. The summed E-state index contributed by atoms with van der Waals surface area (Å²) in [5.74, 6) is -1.08. The van der Waals surface area contributed by atoms with Crippen molar-refractivity contribution in [2.24, 2.45) is 0 Å². The second-order valence-corrected chi connectivity index (χ2v) is 7.79. The zero-order valence-corrected chi connectivity index (χ0v) is 15.9. The fraction of sp³-hybridized carbons (Fsp3) is 0.400. The molecule has 2 heterocycles. The van der Waals surface area contributed by atoms with Crippen LogP contribution in [0.15, 0.2) is 24.3 Å². The van der Waals surface area contributed by atoms with Crippen LogP contribution in [-0.4, -0.2) is 59.4 Å². The van der Waals surface area contributed by atoms with Crippen molar-refractivity contribution in [3.8, 4) is 0 Å². The van der Waals surface area contributed by atoms with Crippen LogP contribution < -0.4 is 10.9 Å². The standard InChI is InChI=1S/C15H17ClN4O7S/c16-10-3-1-9(2-4-10)7-13(21)17-18-14(22)12-6-5-11-8-19(12)15(23)20(11)27-28(24,25)26/h1-4,11-12H,5-8H2,(H,17,21)(H,18,22)(H,24,25,26)/t11-,12+/m1/s1. The van der Waals surface area contributed by atoms with Crippen molar-refractivity contribution in [1.82, 2.24) is 20.8 Å². The van der Waals surface area contributed by atoms with Gasteiger partial charge in [0.25, 0.3) is 5.91 Å². The van der Waals surface area contributed by atoms with Crippen LogP contribution in [0.25, 0.3) is 0 Å². The summed E-state index contributed by atoms with van der Waals surface area (Å²) in [6.45, 7) is 0.0607. The van der Waals surface area contributed by atoms with Gasteiger partial charge in [-0.05, 0) is 30.5 Å². The zero-order valence-electron chi connectivity index (χ0n) is 14.4. The Bertz CT molecular complexity index is 892. The molecule has 2 saturated heterocycles. The van der Waals surface area contributed by atoms with Crippen LogP contribution in [0.2, 0.25) is 5.02 Å². The molecule has 3 rings (SSSR count). The molecule has 0 radical (unpaired) electrons. The van der Waals surface area contributed by atoms with Gasteiger partial charge in [-0.25, -0.2) is 4.79 Å². The van der Waals surface area contributed by atoms with Crippen LogP contribution in [0.4, 0.5) is 4.79 Å². The molecule has 2 aliphatic rings. The molecule has 0 unspecified atom stereocenters. The van der Waals surface area contributed by atoms with E-state index in [9.17, 15) is 22.8 Å². The largest absolute Gasteiger partial charge is 0.418 e. The van der Waals surface area contributed by atoms with Crippen molar-refractivity contribution in [1.29, 1.82) is 0 Å². The van der Waals surface area contributed by atoms with Crippen LogP contribution in [-0.2, 0) is 30.7 Å². The Labute approximate surface area is 165 Å². The Morgan fingerprint density at radius 1 is 1.21 bits per heavy atom. The summed E-state index contributed by atoms with van der Waals surface area (Å²) in [6.07, 6.45) is 0.540. The molecule has 4 amide bonds. The highest BCUT2D eigenvalue weighted by Crippen LogP contribution is 2.30. The van der Waals surface area contributed by atoms with Crippen LogP contribution >= 0.6 is 11.6 Å². The number of hydrazine groups is 1. The van der Waals surface area contributed by atoms with Crippen molar-refractivity contribution in [3.63, 3.8) is 0 Å². The number of halogens is 1. The number of hydroxylamine groups is 2. The third-order valence-corrected chi connectivity index (χ3v) is 5.00. The van der Waals surface area contributed by atoms with Crippen molar-refractivity contribution < 1.29 is 31.6 Å². The van der Waals surface area contributed by atoms with Gasteiger partial charge in [0.1, 0.15) is 6.04 Å². The van der Waals surface area contributed by atoms with Gasteiger partial charge < -0.3 is 4.90 Å². The van der Waals surface area contributed by atoms with E-state index in [1.165, 1.54) is 0 Å². The van der Waals surface area contributed by atoms with E-state index >= 15 is 0 Å². The Balaban J connectivity index is 1.54. The molecular weight excluding hydrogens is 416 g/mol. The first kappa shape index (κ1) is 20.3. The third kappa shape index (κ3) is 4.70. The first-order valence-corrected chi connectivity index (χ1v) is 9.98. The molecule has 0 saturated carbocycles. The smallest absolute Gasteiger partial charge is 0.309 e. The van der Waals surface area contributed by atoms with E-state index in [0.29, 0.717) is 15.6 Å². The fourth-order valence-electron chi connectivity index (χ4n) is 3.15. The second kappa shape index (κ2) is 7.91. The monoisotopic (exact) mass is 432 g/mol. The average Bonchev–Trinajstić information content (AvgIpc) is 2.85. The minimum atomic E-state index is -4.86. The molecule has 0 aromatic heterocycles. The first-order valence-electron chi connectivity index (χ1n) is 8.24. The summed E-state index contributed by atoms with van der Waals surface area (Å²) in [4.78, 5) is 37.7. The van der Waals surface area contributed by atoms with Crippen molar-refractivity contribution >= 4 is 39.8 Å². The van der Waals surface area contributed by atoms with Gasteiger partial charge in [-0.1, -0.05) is 23.7 Å². The minimum absolute atomic E-state index is 0.0167. The molecule has 11 nitrogen and oxygen atoms in total. The molecule has 0 spiro atoms. The second-order valence-electron chi connectivity index (χ2n) is 6.35. The van der Waals surface area contributed by atoms with Crippen LogP contribution in [0.1, 0.15) is 18.4 Å². The number of nitrogens with one attached hydrogen (secondary N) is 2. The average molecular weight is 433 g/mol. The number of fused-ring (bicyclic) bond motifs is 2. The van der Waals surface area contributed by atoms with Gasteiger partial charge in [-0.15, -0.1) is 4.28 Å². The summed E-state index contributed by atoms with van der Waals surface area (Å²) in [5, 5.41) is 1.08. The summed E-state index contributed by atoms with van der Waals surface area (Å²) < 4.78 is 34.8. The topological polar surface area (TPSA) is 145 Å².